The van der Waals surface area contributed by atoms with Crippen molar-refractivity contribution in [3.8, 4) is 5.69 Å². The topological polar surface area (TPSA) is 83.2 Å². The second-order valence-corrected chi connectivity index (χ2v) is 7.62. The monoisotopic (exact) mass is 473 g/mol. The van der Waals surface area contributed by atoms with Crippen LogP contribution in [0.25, 0.3) is 5.69 Å². The Morgan fingerprint density at radius 1 is 1.31 bits per heavy atom. The number of nitrogens with zero attached hydrogens (tertiary/aromatic N) is 3. The average Bonchev–Trinajstić information content (AvgIpc) is 2.90. The third-order valence-electron chi connectivity index (χ3n) is 3.64. The first kappa shape index (κ1) is 23.2. The number of carbonyl (C=O) groups is 2. The molecule has 0 aliphatic carbocycles. The first-order valence-corrected chi connectivity index (χ1v) is 9.21. The van der Waals surface area contributed by atoms with Gasteiger partial charge in [-0.2, -0.15) is 13.5 Å². The van der Waals surface area contributed by atoms with Crippen LogP contribution in [0, 0.1) is 12.7 Å². The van der Waals surface area contributed by atoms with Crippen LogP contribution in [-0.4, -0.2) is 36.5 Å². The minimum absolute atomic E-state index is 0.0789. The summed E-state index contributed by atoms with van der Waals surface area (Å²) in [4.78, 5) is 35.4. The molecule has 0 amide bonds. The molecule has 29 heavy (non-hydrogen) atoms. The van der Waals surface area contributed by atoms with Crippen molar-refractivity contribution in [2.75, 3.05) is 5.88 Å². The zero-order valence-electron chi connectivity index (χ0n) is 14.7. The van der Waals surface area contributed by atoms with Crippen LogP contribution < -0.4 is 5.69 Å². The van der Waals surface area contributed by atoms with E-state index in [4.69, 9.17) is 34.8 Å². The van der Waals surface area contributed by atoms with Gasteiger partial charge in [0.15, 0.2) is 0 Å². The first-order chi connectivity index (χ1) is 13.5. The number of hydrogen-bond donors (Lipinski definition) is 0. The van der Waals surface area contributed by atoms with Crippen LogP contribution >= 0.6 is 34.8 Å². The van der Waals surface area contributed by atoms with Crippen molar-refractivity contribution < 1.29 is 27.5 Å². The highest BCUT2D eigenvalue weighted by molar-refractivity contribution is 6.57. The minimum Gasteiger partial charge on any atom is -0.391 e. The molecule has 158 valence electrons. The Morgan fingerprint density at radius 2 is 1.97 bits per heavy atom. The van der Waals surface area contributed by atoms with E-state index in [0.29, 0.717) is 4.68 Å². The van der Waals surface area contributed by atoms with E-state index in [0.717, 1.165) is 19.1 Å². The zero-order chi connectivity index (χ0) is 21.9. The quantitative estimate of drug-likeness (QED) is 0.349. The maximum atomic E-state index is 14.2. The molecule has 2 aromatic rings. The van der Waals surface area contributed by atoms with E-state index in [-0.39, 0.29) is 28.3 Å². The van der Waals surface area contributed by atoms with E-state index in [1.165, 1.54) is 6.07 Å². The van der Waals surface area contributed by atoms with Gasteiger partial charge in [0.05, 0.1) is 6.42 Å². The lowest BCUT2D eigenvalue weighted by Gasteiger charge is -2.17. The molecule has 1 heterocycles. The second kappa shape index (κ2) is 9.19. The predicted octanol–water partition coefficient (Wildman–Crippen LogP) is 3.29. The highest BCUT2D eigenvalue weighted by Gasteiger charge is 2.37. The number of rotatable bonds is 7. The van der Waals surface area contributed by atoms with Crippen LogP contribution in [0.2, 0.25) is 0 Å². The van der Waals surface area contributed by atoms with Crippen molar-refractivity contribution >= 4 is 46.7 Å². The highest BCUT2D eigenvalue weighted by atomic mass is 35.5. The summed E-state index contributed by atoms with van der Waals surface area (Å²) in [7, 11) is 0. The number of hydrogen-bond acceptors (Lipinski definition) is 5. The number of aromatic nitrogens is 3. The minimum atomic E-state index is -3.17. The fraction of sp³-hybridized carbons (Fsp3) is 0.375. The standard InChI is InChI=1S/C16H13Cl3F3N3O4/c1-8-23-25(15(28)24(8)14(21)22)11-6-9(2-3-10(11)20)7-16(18,19)13(27)29-12(26)4-5-17/h2-3,6,14H,4-5,7H2,1H3. The molecule has 0 spiro atoms. The Labute approximate surface area is 176 Å². The lowest BCUT2D eigenvalue weighted by molar-refractivity contribution is -0.159. The fourth-order valence-electron chi connectivity index (χ4n) is 2.32. The van der Waals surface area contributed by atoms with E-state index in [1.54, 1.807) is 0 Å². The Kier molecular flexibility index (Phi) is 7.36. The molecule has 0 fully saturated rings. The molecule has 2 rings (SSSR count). The van der Waals surface area contributed by atoms with Crippen molar-refractivity contribution in [3.05, 3.63) is 45.9 Å². The molecule has 0 aliphatic heterocycles. The van der Waals surface area contributed by atoms with E-state index in [1.807, 2.05) is 0 Å². The molecule has 0 saturated carbocycles. The summed E-state index contributed by atoms with van der Waals surface area (Å²) in [6, 6.07) is 3.18. The predicted molar refractivity (Wildman–Crippen MR) is 98.3 cm³/mol. The number of carbonyl (C=O) groups excluding carboxylic acids is 2. The Hall–Kier alpha value is -2.04. The van der Waals surface area contributed by atoms with E-state index >= 15 is 0 Å². The second-order valence-electron chi connectivity index (χ2n) is 5.76. The molecule has 0 unspecified atom stereocenters. The van der Waals surface area contributed by atoms with Crippen molar-refractivity contribution in [2.24, 2.45) is 0 Å². The lowest BCUT2D eigenvalue weighted by atomic mass is 10.1. The van der Waals surface area contributed by atoms with Crippen molar-refractivity contribution in [1.82, 2.24) is 14.3 Å². The molecular formula is C16H13Cl3F3N3O4. The van der Waals surface area contributed by atoms with Gasteiger partial charge in [0.2, 0.25) is 4.33 Å². The maximum absolute atomic E-state index is 14.2. The van der Waals surface area contributed by atoms with Gasteiger partial charge < -0.3 is 4.74 Å². The molecule has 0 N–H and O–H groups in total. The van der Waals surface area contributed by atoms with Crippen molar-refractivity contribution in [2.45, 2.75) is 30.6 Å². The summed E-state index contributed by atoms with van der Waals surface area (Å²) in [6.45, 7) is -2.01. The van der Waals surface area contributed by atoms with Gasteiger partial charge in [-0.05, 0) is 24.6 Å². The van der Waals surface area contributed by atoms with E-state index < -0.39 is 46.4 Å². The van der Waals surface area contributed by atoms with E-state index in [9.17, 15) is 27.6 Å². The third-order valence-corrected chi connectivity index (χ3v) is 4.41. The van der Waals surface area contributed by atoms with Crippen LogP contribution in [0.1, 0.15) is 24.4 Å². The number of esters is 2. The molecule has 0 bridgehead atoms. The van der Waals surface area contributed by atoms with Crippen molar-refractivity contribution in [1.29, 1.82) is 0 Å². The van der Waals surface area contributed by atoms with Crippen LogP contribution in [0.3, 0.4) is 0 Å². The number of halogens is 6. The average molecular weight is 475 g/mol. The molecule has 13 heteroatoms. The first-order valence-electron chi connectivity index (χ1n) is 7.92. The maximum Gasteiger partial charge on any atom is 0.355 e. The zero-order valence-corrected chi connectivity index (χ0v) is 16.9. The summed E-state index contributed by atoms with van der Waals surface area (Å²) < 4.78 is 42.9. The SMILES string of the molecule is Cc1nn(-c2cc(CC(Cl)(Cl)C(=O)OC(=O)CCCl)ccc2F)c(=O)n1C(F)F. The van der Waals surface area contributed by atoms with Gasteiger partial charge in [-0.15, -0.1) is 16.7 Å². The molecule has 0 radical (unpaired) electrons. The third kappa shape index (κ3) is 5.31. The van der Waals surface area contributed by atoms with E-state index in [2.05, 4.69) is 9.84 Å². The summed E-state index contributed by atoms with van der Waals surface area (Å²) in [5, 5.41) is 3.63. The number of benzene rings is 1. The van der Waals surface area contributed by atoms with Gasteiger partial charge in [-0.3, -0.25) is 4.79 Å². The summed E-state index contributed by atoms with van der Waals surface area (Å²) in [5.41, 5.74) is -1.57. The van der Waals surface area contributed by atoms with Gasteiger partial charge in [-0.1, -0.05) is 29.3 Å². The van der Waals surface area contributed by atoms with Crippen molar-refractivity contribution in [3.63, 3.8) is 0 Å². The molecule has 1 aromatic carbocycles. The van der Waals surface area contributed by atoms with Gasteiger partial charge in [0.25, 0.3) is 0 Å². The summed E-state index contributed by atoms with van der Waals surface area (Å²) >= 11 is 17.2. The summed E-state index contributed by atoms with van der Waals surface area (Å²) in [6.07, 6.45) is -0.688. The Balaban J connectivity index is 2.34. The largest absolute Gasteiger partial charge is 0.391 e. The van der Waals surface area contributed by atoms with Crippen LogP contribution in [-0.2, 0) is 20.7 Å². The van der Waals surface area contributed by atoms with Crippen LogP contribution in [0.15, 0.2) is 23.0 Å². The number of ether oxygens (including phenoxy) is 1. The molecule has 7 nitrogen and oxygen atoms in total. The van der Waals surface area contributed by atoms with Crippen LogP contribution in [0.4, 0.5) is 13.2 Å². The van der Waals surface area contributed by atoms with Gasteiger partial charge >= 0.3 is 24.2 Å². The Bertz CT molecular complexity index is 992. The van der Waals surface area contributed by atoms with Gasteiger partial charge in [0.1, 0.15) is 17.3 Å². The molecule has 1 aromatic heterocycles. The van der Waals surface area contributed by atoms with Crippen LogP contribution in [0.5, 0.6) is 0 Å². The molecular weight excluding hydrogens is 462 g/mol. The number of aryl methyl sites for hydroxylation is 1. The normalized spacial score (nSPS) is 11.7. The molecule has 0 saturated heterocycles. The van der Waals surface area contributed by atoms with Gasteiger partial charge in [0, 0.05) is 12.3 Å². The highest BCUT2D eigenvalue weighted by Crippen LogP contribution is 2.29. The smallest absolute Gasteiger partial charge is 0.355 e. The molecule has 0 atom stereocenters. The summed E-state index contributed by atoms with van der Waals surface area (Å²) in [5.74, 6) is -3.55. The van der Waals surface area contributed by atoms with Gasteiger partial charge in [-0.25, -0.2) is 18.5 Å². The fourth-order valence-corrected chi connectivity index (χ4v) is 2.86. The molecule has 0 aliphatic rings. The lowest BCUT2D eigenvalue weighted by Crippen LogP contribution is -2.33. The Morgan fingerprint density at radius 3 is 2.52 bits per heavy atom. The number of alkyl halides is 5.